The zero-order valence-corrected chi connectivity index (χ0v) is 11.9. The molecule has 1 saturated carbocycles. The number of benzene rings is 1. The van der Waals surface area contributed by atoms with Crippen LogP contribution in [0.5, 0.6) is 0 Å². The lowest BCUT2D eigenvalue weighted by atomic mass is 9.94. The minimum atomic E-state index is -0.701. The average Bonchev–Trinajstić information content (AvgIpc) is 2.86. The number of halogens is 1. The summed E-state index contributed by atoms with van der Waals surface area (Å²) in [6, 6.07) is 3.56. The molecule has 6 heteroatoms. The van der Waals surface area contributed by atoms with Crippen LogP contribution in [-0.2, 0) is 9.53 Å². The third-order valence-corrected chi connectivity index (χ3v) is 3.77. The van der Waals surface area contributed by atoms with Gasteiger partial charge in [0.15, 0.2) is 0 Å². The molecule has 0 heterocycles. The van der Waals surface area contributed by atoms with Crippen molar-refractivity contribution in [3.63, 3.8) is 0 Å². The first-order valence-electron chi connectivity index (χ1n) is 6.90. The molecule has 21 heavy (non-hydrogen) atoms. The number of nitrogens with one attached hydrogen (secondary N) is 1. The van der Waals surface area contributed by atoms with Crippen LogP contribution in [0.1, 0.15) is 42.5 Å². The van der Waals surface area contributed by atoms with Gasteiger partial charge < -0.3 is 15.8 Å². The van der Waals surface area contributed by atoms with Crippen molar-refractivity contribution in [2.75, 3.05) is 12.4 Å². The van der Waals surface area contributed by atoms with E-state index >= 15 is 0 Å². The fraction of sp³-hybridized carbons (Fsp3) is 0.467. The van der Waals surface area contributed by atoms with Crippen molar-refractivity contribution in [3.8, 4) is 0 Å². The van der Waals surface area contributed by atoms with Crippen LogP contribution in [0, 0.1) is 5.82 Å². The van der Waals surface area contributed by atoms with E-state index in [0.29, 0.717) is 0 Å². The van der Waals surface area contributed by atoms with Gasteiger partial charge in [0.1, 0.15) is 5.82 Å². The number of amides is 1. The number of ether oxygens (including phenoxy) is 1. The Morgan fingerprint density at radius 1 is 1.38 bits per heavy atom. The molecule has 0 bridgehead atoms. The number of anilines is 1. The van der Waals surface area contributed by atoms with Gasteiger partial charge in [0.05, 0.1) is 18.4 Å². The molecular weight excluding hydrogens is 275 g/mol. The van der Waals surface area contributed by atoms with Gasteiger partial charge in [-0.2, -0.15) is 0 Å². The van der Waals surface area contributed by atoms with Crippen LogP contribution in [0.2, 0.25) is 0 Å². The SMILES string of the molecule is COC(=O)c1cc(F)ccc1NC(=O)CC1(N)CCCC1. The molecule has 1 fully saturated rings. The second kappa shape index (κ2) is 6.22. The van der Waals surface area contributed by atoms with Crippen LogP contribution in [0.15, 0.2) is 18.2 Å². The number of hydrogen-bond donors (Lipinski definition) is 2. The first-order valence-corrected chi connectivity index (χ1v) is 6.90. The molecule has 3 N–H and O–H groups in total. The Hall–Kier alpha value is -1.95. The maximum atomic E-state index is 13.2. The Balaban J connectivity index is 2.11. The van der Waals surface area contributed by atoms with Crippen LogP contribution in [-0.4, -0.2) is 24.5 Å². The minimum absolute atomic E-state index is 0.0108. The Bertz CT molecular complexity index is 554. The van der Waals surface area contributed by atoms with Gasteiger partial charge in [0.2, 0.25) is 5.91 Å². The average molecular weight is 294 g/mol. The Labute approximate surface area is 122 Å². The second-order valence-corrected chi connectivity index (χ2v) is 5.48. The van der Waals surface area contributed by atoms with Crippen molar-refractivity contribution >= 4 is 17.6 Å². The Morgan fingerprint density at radius 2 is 2.05 bits per heavy atom. The van der Waals surface area contributed by atoms with Gasteiger partial charge in [0.25, 0.3) is 0 Å². The lowest BCUT2D eigenvalue weighted by Crippen LogP contribution is -2.40. The third-order valence-electron chi connectivity index (χ3n) is 3.77. The van der Waals surface area contributed by atoms with Gasteiger partial charge in [-0.25, -0.2) is 9.18 Å². The van der Waals surface area contributed by atoms with E-state index in [1.807, 2.05) is 0 Å². The Morgan fingerprint density at radius 3 is 2.67 bits per heavy atom. The molecule has 1 aromatic carbocycles. The summed E-state index contributed by atoms with van der Waals surface area (Å²) < 4.78 is 17.8. The summed E-state index contributed by atoms with van der Waals surface area (Å²) in [6.45, 7) is 0. The smallest absolute Gasteiger partial charge is 0.340 e. The minimum Gasteiger partial charge on any atom is -0.465 e. The zero-order valence-electron chi connectivity index (χ0n) is 11.9. The number of carbonyl (C=O) groups excluding carboxylic acids is 2. The predicted octanol–water partition coefficient (Wildman–Crippen LogP) is 2.21. The summed E-state index contributed by atoms with van der Waals surface area (Å²) in [4.78, 5) is 23.7. The summed E-state index contributed by atoms with van der Waals surface area (Å²) in [5, 5.41) is 2.62. The number of nitrogens with two attached hydrogens (primary N) is 1. The third kappa shape index (κ3) is 3.78. The maximum absolute atomic E-state index is 13.2. The van der Waals surface area contributed by atoms with Gasteiger partial charge in [-0.1, -0.05) is 12.8 Å². The normalized spacial score (nSPS) is 16.5. The molecule has 2 rings (SSSR count). The van der Waals surface area contributed by atoms with Crippen molar-refractivity contribution in [3.05, 3.63) is 29.6 Å². The molecule has 1 aliphatic carbocycles. The molecule has 114 valence electrons. The quantitative estimate of drug-likeness (QED) is 0.834. The van der Waals surface area contributed by atoms with Crippen LogP contribution < -0.4 is 11.1 Å². The van der Waals surface area contributed by atoms with Gasteiger partial charge >= 0.3 is 5.97 Å². The summed E-state index contributed by atoms with van der Waals surface area (Å²) in [5.41, 5.74) is 5.89. The summed E-state index contributed by atoms with van der Waals surface area (Å²) in [6.07, 6.45) is 3.86. The molecule has 1 aliphatic rings. The van der Waals surface area contributed by atoms with Crippen molar-refractivity contribution < 1.29 is 18.7 Å². The van der Waals surface area contributed by atoms with Crippen molar-refractivity contribution in [2.45, 2.75) is 37.6 Å². The topological polar surface area (TPSA) is 81.4 Å². The lowest BCUT2D eigenvalue weighted by Gasteiger charge is -2.22. The van der Waals surface area contributed by atoms with Crippen LogP contribution in [0.25, 0.3) is 0 Å². The van der Waals surface area contributed by atoms with Gasteiger partial charge in [-0.3, -0.25) is 4.79 Å². The van der Waals surface area contributed by atoms with E-state index in [0.717, 1.165) is 31.7 Å². The van der Waals surface area contributed by atoms with E-state index in [-0.39, 0.29) is 23.6 Å². The molecule has 0 aromatic heterocycles. The van der Waals surface area contributed by atoms with Crippen molar-refractivity contribution in [1.82, 2.24) is 0 Å². The predicted molar refractivity (Wildman–Crippen MR) is 76.4 cm³/mol. The molecular formula is C15H19FN2O3. The van der Waals surface area contributed by atoms with Gasteiger partial charge in [-0.05, 0) is 31.0 Å². The van der Waals surface area contributed by atoms with Crippen LogP contribution >= 0.6 is 0 Å². The molecule has 0 atom stereocenters. The molecule has 0 saturated heterocycles. The highest BCUT2D eigenvalue weighted by atomic mass is 19.1. The van der Waals surface area contributed by atoms with E-state index in [2.05, 4.69) is 10.1 Å². The number of rotatable bonds is 4. The molecule has 0 unspecified atom stereocenters. The van der Waals surface area contributed by atoms with E-state index in [1.165, 1.54) is 19.2 Å². The summed E-state index contributed by atoms with van der Waals surface area (Å²) in [7, 11) is 1.20. The lowest BCUT2D eigenvalue weighted by molar-refractivity contribution is -0.117. The van der Waals surface area contributed by atoms with Gasteiger partial charge in [0, 0.05) is 12.0 Å². The number of methoxy groups -OCH3 is 1. The van der Waals surface area contributed by atoms with E-state index in [1.54, 1.807) is 0 Å². The molecule has 5 nitrogen and oxygen atoms in total. The molecule has 1 amide bonds. The molecule has 0 aliphatic heterocycles. The number of hydrogen-bond acceptors (Lipinski definition) is 4. The second-order valence-electron chi connectivity index (χ2n) is 5.48. The van der Waals surface area contributed by atoms with E-state index in [9.17, 15) is 14.0 Å². The Kier molecular flexibility index (Phi) is 4.57. The largest absolute Gasteiger partial charge is 0.465 e. The summed E-state index contributed by atoms with van der Waals surface area (Å²) >= 11 is 0. The molecule has 1 aromatic rings. The van der Waals surface area contributed by atoms with Gasteiger partial charge in [-0.15, -0.1) is 0 Å². The van der Waals surface area contributed by atoms with Crippen molar-refractivity contribution in [1.29, 1.82) is 0 Å². The standard InChI is InChI=1S/C15H19FN2O3/c1-21-14(20)11-8-10(16)4-5-12(11)18-13(19)9-15(17)6-2-3-7-15/h4-5,8H,2-3,6-7,9,17H2,1H3,(H,18,19). The van der Waals surface area contributed by atoms with E-state index in [4.69, 9.17) is 5.73 Å². The molecule has 0 radical (unpaired) electrons. The maximum Gasteiger partial charge on any atom is 0.340 e. The number of carbonyl (C=O) groups is 2. The van der Waals surface area contributed by atoms with Crippen LogP contribution in [0.3, 0.4) is 0 Å². The highest BCUT2D eigenvalue weighted by molar-refractivity contribution is 6.01. The summed E-state index contributed by atoms with van der Waals surface area (Å²) in [5.74, 6) is -1.55. The zero-order chi connectivity index (χ0) is 15.5. The van der Waals surface area contributed by atoms with E-state index < -0.39 is 17.3 Å². The first-order chi connectivity index (χ1) is 9.93. The number of esters is 1. The fourth-order valence-electron chi connectivity index (χ4n) is 2.67. The van der Waals surface area contributed by atoms with Crippen LogP contribution in [0.4, 0.5) is 10.1 Å². The highest BCUT2D eigenvalue weighted by Crippen LogP contribution is 2.30. The first kappa shape index (κ1) is 15.4. The fourth-order valence-corrected chi connectivity index (χ4v) is 2.67. The highest BCUT2D eigenvalue weighted by Gasteiger charge is 2.32. The van der Waals surface area contributed by atoms with Crippen molar-refractivity contribution in [2.24, 2.45) is 5.73 Å². The molecule has 0 spiro atoms. The monoisotopic (exact) mass is 294 g/mol.